The Bertz CT molecular complexity index is 201. The molecule has 1 heteroatoms. The number of hydrogen-bond donors (Lipinski definition) is 1. The van der Waals surface area contributed by atoms with Crippen molar-refractivity contribution in [1.29, 1.82) is 0 Å². The predicted molar refractivity (Wildman–Crippen MR) is 52.8 cm³/mol. The van der Waals surface area contributed by atoms with Crippen molar-refractivity contribution in [3.8, 4) is 11.8 Å². The molecule has 1 aliphatic heterocycles. The van der Waals surface area contributed by atoms with Crippen LogP contribution in [0.5, 0.6) is 0 Å². The Labute approximate surface area is 75.9 Å². The van der Waals surface area contributed by atoms with Gasteiger partial charge in [-0.25, -0.2) is 0 Å². The maximum absolute atomic E-state index is 3.41. The molecule has 1 fully saturated rings. The smallest absolute Gasteiger partial charge is 0.0692 e. The average molecular weight is 165 g/mol. The topological polar surface area (TPSA) is 12.0 Å². The molecule has 0 saturated carbocycles. The first-order chi connectivity index (χ1) is 5.47. The van der Waals surface area contributed by atoms with Gasteiger partial charge in [-0.3, -0.25) is 0 Å². The fraction of sp³-hybridized carbons (Fsp3) is 0.818. The first kappa shape index (κ1) is 9.61. The summed E-state index contributed by atoms with van der Waals surface area (Å²) in [5.41, 5.74) is 0.146. The molecular formula is C11H19N. The lowest BCUT2D eigenvalue weighted by atomic mass is 9.97. The minimum Gasteiger partial charge on any atom is -0.303 e. The Hall–Kier alpha value is -0.480. The van der Waals surface area contributed by atoms with E-state index in [0.29, 0.717) is 6.04 Å². The molecule has 0 radical (unpaired) electrons. The molecule has 0 unspecified atom stereocenters. The van der Waals surface area contributed by atoms with Gasteiger partial charge in [0.25, 0.3) is 0 Å². The van der Waals surface area contributed by atoms with Crippen molar-refractivity contribution in [2.45, 2.75) is 40.2 Å². The van der Waals surface area contributed by atoms with Crippen LogP contribution in [0, 0.1) is 23.2 Å². The zero-order chi connectivity index (χ0) is 9.19. The average Bonchev–Trinajstić information content (AvgIpc) is 2.30. The normalized spacial score (nSPS) is 29.7. The molecule has 1 heterocycles. The van der Waals surface area contributed by atoms with Crippen LogP contribution in [-0.4, -0.2) is 12.6 Å². The van der Waals surface area contributed by atoms with Crippen LogP contribution in [0.2, 0.25) is 0 Å². The fourth-order valence-electron chi connectivity index (χ4n) is 1.33. The minimum atomic E-state index is 0.146. The zero-order valence-corrected chi connectivity index (χ0v) is 8.57. The molecule has 0 bridgehead atoms. The second-order valence-electron chi connectivity index (χ2n) is 4.82. The number of rotatable bonds is 0. The van der Waals surface area contributed by atoms with E-state index in [-0.39, 0.29) is 5.41 Å². The molecule has 1 rings (SSSR count). The van der Waals surface area contributed by atoms with E-state index in [2.05, 4.69) is 44.9 Å². The first-order valence-corrected chi connectivity index (χ1v) is 4.73. The van der Waals surface area contributed by atoms with Crippen LogP contribution in [0.4, 0.5) is 0 Å². The van der Waals surface area contributed by atoms with Crippen LogP contribution < -0.4 is 5.32 Å². The summed E-state index contributed by atoms with van der Waals surface area (Å²) in [6.45, 7) is 9.85. The Balaban J connectivity index is 2.45. The van der Waals surface area contributed by atoms with Crippen molar-refractivity contribution < 1.29 is 0 Å². The number of hydrogen-bond acceptors (Lipinski definition) is 1. The Morgan fingerprint density at radius 1 is 1.33 bits per heavy atom. The van der Waals surface area contributed by atoms with Crippen LogP contribution in [0.3, 0.4) is 0 Å². The van der Waals surface area contributed by atoms with Gasteiger partial charge in [0.1, 0.15) is 0 Å². The quantitative estimate of drug-likeness (QED) is 0.542. The Kier molecular flexibility index (Phi) is 2.80. The van der Waals surface area contributed by atoms with Crippen LogP contribution in [0.15, 0.2) is 0 Å². The molecule has 1 aliphatic rings. The summed E-state index contributed by atoms with van der Waals surface area (Å²) in [6.07, 6.45) is 1.21. The molecular weight excluding hydrogens is 146 g/mol. The second kappa shape index (κ2) is 3.49. The predicted octanol–water partition coefficient (Wildman–Crippen LogP) is 2.03. The summed E-state index contributed by atoms with van der Waals surface area (Å²) in [5, 5.41) is 3.41. The third-order valence-electron chi connectivity index (χ3n) is 1.97. The van der Waals surface area contributed by atoms with E-state index in [9.17, 15) is 0 Å². The molecule has 0 aromatic heterocycles. The molecule has 0 aromatic carbocycles. The second-order valence-corrected chi connectivity index (χ2v) is 4.82. The summed E-state index contributed by atoms with van der Waals surface area (Å²) < 4.78 is 0. The highest BCUT2D eigenvalue weighted by atomic mass is 14.9. The summed E-state index contributed by atoms with van der Waals surface area (Å²) >= 11 is 0. The van der Waals surface area contributed by atoms with E-state index < -0.39 is 0 Å². The van der Waals surface area contributed by atoms with Gasteiger partial charge in [-0.15, -0.1) is 0 Å². The van der Waals surface area contributed by atoms with Crippen LogP contribution in [0.1, 0.15) is 34.1 Å². The van der Waals surface area contributed by atoms with Gasteiger partial charge in [0.2, 0.25) is 0 Å². The molecule has 1 saturated heterocycles. The lowest BCUT2D eigenvalue weighted by Crippen LogP contribution is -2.19. The van der Waals surface area contributed by atoms with Crippen LogP contribution in [0.25, 0.3) is 0 Å². The lowest BCUT2D eigenvalue weighted by molar-refractivity contribution is 0.568. The fourth-order valence-corrected chi connectivity index (χ4v) is 1.33. The summed E-state index contributed by atoms with van der Waals surface area (Å²) in [7, 11) is 0. The van der Waals surface area contributed by atoms with E-state index >= 15 is 0 Å². The number of nitrogens with one attached hydrogen (secondary N) is 1. The lowest BCUT2D eigenvalue weighted by Gasteiger charge is -2.08. The van der Waals surface area contributed by atoms with Gasteiger partial charge in [-0.1, -0.05) is 18.8 Å². The molecule has 0 spiro atoms. The largest absolute Gasteiger partial charge is 0.303 e. The minimum absolute atomic E-state index is 0.146. The molecule has 1 N–H and O–H groups in total. The van der Waals surface area contributed by atoms with Crippen molar-refractivity contribution in [3.63, 3.8) is 0 Å². The highest BCUT2D eigenvalue weighted by Gasteiger charge is 2.18. The maximum atomic E-state index is 3.41. The highest BCUT2D eigenvalue weighted by molar-refractivity contribution is 5.14. The van der Waals surface area contributed by atoms with Crippen molar-refractivity contribution in [2.24, 2.45) is 11.3 Å². The Morgan fingerprint density at radius 2 is 2.00 bits per heavy atom. The van der Waals surface area contributed by atoms with Gasteiger partial charge >= 0.3 is 0 Å². The monoisotopic (exact) mass is 165 g/mol. The van der Waals surface area contributed by atoms with Crippen molar-refractivity contribution in [1.82, 2.24) is 5.32 Å². The SMILES string of the molecule is C[C@H]1CN[C@H](C#CC(C)(C)C)C1. The standard InChI is InChI=1S/C11H19N/c1-9-7-10(12-8-9)5-6-11(2,3)4/h9-10,12H,7-8H2,1-4H3/t9-,10-/m1/s1. The van der Waals surface area contributed by atoms with Crippen LogP contribution in [-0.2, 0) is 0 Å². The van der Waals surface area contributed by atoms with Crippen molar-refractivity contribution in [3.05, 3.63) is 0 Å². The molecule has 0 amide bonds. The molecule has 12 heavy (non-hydrogen) atoms. The van der Waals surface area contributed by atoms with Gasteiger partial charge < -0.3 is 5.32 Å². The first-order valence-electron chi connectivity index (χ1n) is 4.73. The van der Waals surface area contributed by atoms with E-state index in [1.165, 1.54) is 6.42 Å². The van der Waals surface area contributed by atoms with Gasteiger partial charge in [0.05, 0.1) is 6.04 Å². The van der Waals surface area contributed by atoms with Gasteiger partial charge in [-0.05, 0) is 39.7 Å². The highest BCUT2D eigenvalue weighted by Crippen LogP contribution is 2.14. The third kappa shape index (κ3) is 3.28. The van der Waals surface area contributed by atoms with Crippen molar-refractivity contribution >= 4 is 0 Å². The van der Waals surface area contributed by atoms with E-state index in [4.69, 9.17) is 0 Å². The Morgan fingerprint density at radius 3 is 2.42 bits per heavy atom. The molecule has 2 atom stereocenters. The third-order valence-corrected chi connectivity index (χ3v) is 1.97. The van der Waals surface area contributed by atoms with Gasteiger partial charge in [-0.2, -0.15) is 0 Å². The summed E-state index contributed by atoms with van der Waals surface area (Å²) in [5.74, 6) is 7.36. The van der Waals surface area contributed by atoms with Crippen LogP contribution >= 0.6 is 0 Å². The maximum Gasteiger partial charge on any atom is 0.0692 e. The summed E-state index contributed by atoms with van der Waals surface area (Å²) in [4.78, 5) is 0. The summed E-state index contributed by atoms with van der Waals surface area (Å²) in [6, 6.07) is 0.444. The molecule has 68 valence electrons. The van der Waals surface area contributed by atoms with E-state index in [0.717, 1.165) is 12.5 Å². The zero-order valence-electron chi connectivity index (χ0n) is 8.57. The van der Waals surface area contributed by atoms with Gasteiger partial charge in [0.15, 0.2) is 0 Å². The molecule has 0 aliphatic carbocycles. The van der Waals surface area contributed by atoms with E-state index in [1.807, 2.05) is 0 Å². The van der Waals surface area contributed by atoms with Gasteiger partial charge in [0, 0.05) is 5.41 Å². The molecule has 0 aromatic rings. The van der Waals surface area contributed by atoms with E-state index in [1.54, 1.807) is 0 Å². The molecule has 1 nitrogen and oxygen atoms in total. The van der Waals surface area contributed by atoms with Crippen molar-refractivity contribution in [2.75, 3.05) is 6.54 Å².